The molecule has 0 saturated carbocycles. The Morgan fingerprint density at radius 2 is 2.32 bits per heavy atom. The summed E-state index contributed by atoms with van der Waals surface area (Å²) in [5, 5.41) is 9.46. The van der Waals surface area contributed by atoms with Gasteiger partial charge in [0, 0.05) is 36.0 Å². The molecule has 1 aliphatic rings. The molecule has 19 heavy (non-hydrogen) atoms. The molecular weight excluding hydrogens is 246 g/mol. The van der Waals surface area contributed by atoms with Crippen LogP contribution >= 0.6 is 0 Å². The van der Waals surface area contributed by atoms with E-state index >= 15 is 0 Å². The summed E-state index contributed by atoms with van der Waals surface area (Å²) in [4.78, 5) is 15.9. The standard InChI is InChI=1S/C14H19NO4/c1-9-7-15-11(10(2)12(9)18-3)6-14(13(16)17)4-5-19-8-14/h7H,4-6,8H2,1-3H3,(H,16,17). The van der Waals surface area contributed by atoms with Crippen molar-refractivity contribution in [3.05, 3.63) is 23.0 Å². The van der Waals surface area contributed by atoms with E-state index in [0.717, 1.165) is 22.6 Å². The third-order valence-corrected chi connectivity index (χ3v) is 3.81. The van der Waals surface area contributed by atoms with E-state index in [2.05, 4.69) is 4.98 Å². The molecule has 0 spiro atoms. The average molecular weight is 265 g/mol. The van der Waals surface area contributed by atoms with E-state index in [1.165, 1.54) is 0 Å². The van der Waals surface area contributed by atoms with Gasteiger partial charge in [-0.05, 0) is 20.3 Å². The number of hydrogen-bond donors (Lipinski definition) is 1. The number of nitrogens with zero attached hydrogens (tertiary/aromatic N) is 1. The van der Waals surface area contributed by atoms with Crippen LogP contribution in [-0.2, 0) is 16.0 Å². The van der Waals surface area contributed by atoms with E-state index in [1.54, 1.807) is 13.3 Å². The van der Waals surface area contributed by atoms with Gasteiger partial charge in [0.1, 0.15) is 5.75 Å². The first-order valence-electron chi connectivity index (χ1n) is 6.30. The van der Waals surface area contributed by atoms with Crippen molar-refractivity contribution in [1.82, 2.24) is 4.98 Å². The summed E-state index contributed by atoms with van der Waals surface area (Å²) in [5.41, 5.74) is 1.79. The molecule has 1 aromatic rings. The van der Waals surface area contributed by atoms with Crippen LogP contribution in [0.15, 0.2) is 6.20 Å². The number of pyridine rings is 1. The number of rotatable bonds is 4. The van der Waals surface area contributed by atoms with Crippen LogP contribution in [0.2, 0.25) is 0 Å². The third kappa shape index (κ3) is 2.42. The van der Waals surface area contributed by atoms with Gasteiger partial charge in [0.05, 0.1) is 19.1 Å². The molecule has 0 radical (unpaired) electrons. The van der Waals surface area contributed by atoms with Gasteiger partial charge in [-0.1, -0.05) is 0 Å². The Morgan fingerprint density at radius 3 is 2.84 bits per heavy atom. The molecular formula is C14H19NO4. The summed E-state index contributed by atoms with van der Waals surface area (Å²) in [6.07, 6.45) is 2.64. The molecule has 0 aliphatic carbocycles. The smallest absolute Gasteiger partial charge is 0.312 e. The molecule has 1 aromatic heterocycles. The highest BCUT2D eigenvalue weighted by Gasteiger charge is 2.43. The van der Waals surface area contributed by atoms with E-state index in [0.29, 0.717) is 19.4 Å². The van der Waals surface area contributed by atoms with Crippen molar-refractivity contribution in [1.29, 1.82) is 0 Å². The summed E-state index contributed by atoms with van der Waals surface area (Å²) in [6, 6.07) is 0. The average Bonchev–Trinajstić information content (AvgIpc) is 2.83. The molecule has 5 heteroatoms. The zero-order valence-corrected chi connectivity index (χ0v) is 11.5. The van der Waals surface area contributed by atoms with Crippen LogP contribution in [0.4, 0.5) is 0 Å². The number of aliphatic carboxylic acids is 1. The van der Waals surface area contributed by atoms with E-state index in [9.17, 15) is 9.90 Å². The number of carbonyl (C=O) groups is 1. The minimum absolute atomic E-state index is 0.250. The molecule has 0 aromatic carbocycles. The molecule has 0 amide bonds. The second-order valence-electron chi connectivity index (χ2n) is 5.11. The number of hydrogen-bond acceptors (Lipinski definition) is 4. The summed E-state index contributed by atoms with van der Waals surface area (Å²) in [6.45, 7) is 4.59. The Kier molecular flexibility index (Phi) is 3.75. The van der Waals surface area contributed by atoms with Crippen LogP contribution in [0.1, 0.15) is 23.2 Å². The zero-order valence-electron chi connectivity index (χ0n) is 11.5. The fraction of sp³-hybridized carbons (Fsp3) is 0.571. The predicted molar refractivity (Wildman–Crippen MR) is 69.5 cm³/mol. The molecule has 1 saturated heterocycles. The van der Waals surface area contributed by atoms with Crippen molar-refractivity contribution in [2.24, 2.45) is 5.41 Å². The van der Waals surface area contributed by atoms with Gasteiger partial charge in [0.2, 0.25) is 0 Å². The number of carboxylic acids is 1. The van der Waals surface area contributed by atoms with Gasteiger partial charge in [-0.25, -0.2) is 0 Å². The molecule has 1 atom stereocenters. The van der Waals surface area contributed by atoms with Gasteiger partial charge in [-0.15, -0.1) is 0 Å². The summed E-state index contributed by atoms with van der Waals surface area (Å²) in [7, 11) is 1.62. The first-order valence-corrected chi connectivity index (χ1v) is 6.30. The van der Waals surface area contributed by atoms with Crippen molar-refractivity contribution in [3.8, 4) is 5.75 Å². The second kappa shape index (κ2) is 5.17. The van der Waals surface area contributed by atoms with Gasteiger partial charge < -0.3 is 14.6 Å². The first kappa shape index (κ1) is 13.8. The van der Waals surface area contributed by atoms with Gasteiger partial charge >= 0.3 is 5.97 Å². The third-order valence-electron chi connectivity index (χ3n) is 3.81. The first-order chi connectivity index (χ1) is 9.00. The van der Waals surface area contributed by atoms with Crippen LogP contribution in [0.25, 0.3) is 0 Å². The maximum Gasteiger partial charge on any atom is 0.312 e. The number of aromatic nitrogens is 1. The monoisotopic (exact) mass is 265 g/mol. The van der Waals surface area contributed by atoms with Crippen molar-refractivity contribution < 1.29 is 19.4 Å². The lowest BCUT2D eigenvalue weighted by Gasteiger charge is -2.23. The minimum atomic E-state index is -0.849. The Bertz CT molecular complexity index is 492. The zero-order chi connectivity index (χ0) is 14.0. The second-order valence-corrected chi connectivity index (χ2v) is 5.11. The van der Waals surface area contributed by atoms with Gasteiger partial charge in [-0.3, -0.25) is 9.78 Å². The molecule has 2 rings (SSSR count). The van der Waals surface area contributed by atoms with Crippen molar-refractivity contribution in [3.63, 3.8) is 0 Å². The summed E-state index contributed by atoms with van der Waals surface area (Å²) >= 11 is 0. The van der Waals surface area contributed by atoms with Gasteiger partial charge in [0.15, 0.2) is 0 Å². The summed E-state index contributed by atoms with van der Waals surface area (Å²) < 4.78 is 10.6. The Hall–Kier alpha value is -1.62. The van der Waals surface area contributed by atoms with Crippen LogP contribution in [0.5, 0.6) is 5.75 Å². The molecule has 104 valence electrons. The maximum atomic E-state index is 11.5. The Morgan fingerprint density at radius 1 is 1.58 bits per heavy atom. The number of carboxylic acid groups (broad SMARTS) is 1. The fourth-order valence-corrected chi connectivity index (χ4v) is 2.56. The molecule has 1 aliphatic heterocycles. The molecule has 5 nitrogen and oxygen atoms in total. The Balaban J connectivity index is 2.35. The SMILES string of the molecule is COc1c(C)cnc(CC2(C(=O)O)CCOC2)c1C. The predicted octanol–water partition coefficient (Wildman–Crippen LogP) is 1.74. The number of methoxy groups -OCH3 is 1. The lowest BCUT2D eigenvalue weighted by Crippen LogP contribution is -2.34. The molecule has 0 bridgehead atoms. The molecule has 1 fully saturated rings. The Labute approximate surface area is 112 Å². The van der Waals surface area contributed by atoms with Crippen molar-refractivity contribution in [2.45, 2.75) is 26.7 Å². The molecule has 2 heterocycles. The number of ether oxygens (including phenoxy) is 2. The van der Waals surface area contributed by atoms with E-state index in [1.807, 2.05) is 13.8 Å². The van der Waals surface area contributed by atoms with E-state index < -0.39 is 11.4 Å². The topological polar surface area (TPSA) is 68.7 Å². The highest BCUT2D eigenvalue weighted by molar-refractivity contribution is 5.75. The summed E-state index contributed by atoms with van der Waals surface area (Å²) in [5.74, 6) is -0.0322. The van der Waals surface area contributed by atoms with Gasteiger partial charge in [0.25, 0.3) is 0 Å². The van der Waals surface area contributed by atoms with Crippen LogP contribution in [0.3, 0.4) is 0 Å². The maximum absolute atomic E-state index is 11.5. The van der Waals surface area contributed by atoms with E-state index in [4.69, 9.17) is 9.47 Å². The van der Waals surface area contributed by atoms with E-state index in [-0.39, 0.29) is 6.61 Å². The lowest BCUT2D eigenvalue weighted by atomic mass is 9.81. The quantitative estimate of drug-likeness (QED) is 0.898. The van der Waals surface area contributed by atoms with Crippen LogP contribution in [0, 0.1) is 19.3 Å². The van der Waals surface area contributed by atoms with Crippen LogP contribution < -0.4 is 4.74 Å². The highest BCUT2D eigenvalue weighted by atomic mass is 16.5. The van der Waals surface area contributed by atoms with Crippen molar-refractivity contribution >= 4 is 5.97 Å². The fourth-order valence-electron chi connectivity index (χ4n) is 2.56. The van der Waals surface area contributed by atoms with Crippen molar-refractivity contribution in [2.75, 3.05) is 20.3 Å². The number of aryl methyl sites for hydroxylation is 1. The lowest BCUT2D eigenvalue weighted by molar-refractivity contribution is -0.148. The largest absolute Gasteiger partial charge is 0.496 e. The van der Waals surface area contributed by atoms with Gasteiger partial charge in [-0.2, -0.15) is 0 Å². The molecule has 1 N–H and O–H groups in total. The normalized spacial score (nSPS) is 22.5. The highest BCUT2D eigenvalue weighted by Crippen LogP contribution is 2.35. The minimum Gasteiger partial charge on any atom is -0.496 e. The molecule has 1 unspecified atom stereocenters. The van der Waals surface area contributed by atoms with Crippen LogP contribution in [-0.4, -0.2) is 36.4 Å².